The van der Waals surface area contributed by atoms with Crippen LogP contribution in [0.15, 0.2) is 10.6 Å². The highest BCUT2D eigenvalue weighted by atomic mass is 16.5. The normalized spacial score (nSPS) is 28.0. The molecule has 3 fully saturated rings. The van der Waals surface area contributed by atoms with E-state index in [9.17, 15) is 9.59 Å². The number of unbranched alkanes of at least 4 members (excludes halogenated alkanes) is 1. The molecule has 0 radical (unpaired) electrons. The second-order valence-corrected chi connectivity index (χ2v) is 8.17. The molecule has 3 heterocycles. The third-order valence-electron chi connectivity index (χ3n) is 6.08. The Morgan fingerprint density at radius 2 is 1.96 bits per heavy atom. The monoisotopic (exact) mass is 359 g/mol. The van der Waals surface area contributed by atoms with Crippen LogP contribution in [0.25, 0.3) is 0 Å². The summed E-state index contributed by atoms with van der Waals surface area (Å²) in [6, 6.07) is 2.46. The summed E-state index contributed by atoms with van der Waals surface area (Å²) >= 11 is 0. The Bertz CT molecular complexity index is 653. The summed E-state index contributed by atoms with van der Waals surface area (Å²) in [5, 5.41) is 7.08. The number of hydrogen-bond donors (Lipinski definition) is 1. The van der Waals surface area contributed by atoms with Gasteiger partial charge in [-0.1, -0.05) is 18.5 Å². The molecule has 1 aliphatic carbocycles. The van der Waals surface area contributed by atoms with Crippen LogP contribution in [0.2, 0.25) is 0 Å². The summed E-state index contributed by atoms with van der Waals surface area (Å²) in [7, 11) is 0. The summed E-state index contributed by atoms with van der Waals surface area (Å²) in [6.45, 7) is 2.12. The van der Waals surface area contributed by atoms with E-state index >= 15 is 0 Å². The number of carbonyl (C=O) groups excluding carboxylic acids is 2. The zero-order valence-corrected chi connectivity index (χ0v) is 15.6. The van der Waals surface area contributed by atoms with Crippen molar-refractivity contribution in [1.29, 1.82) is 0 Å². The van der Waals surface area contributed by atoms with Gasteiger partial charge in [0.1, 0.15) is 5.76 Å². The molecule has 0 aromatic carbocycles. The molecule has 0 spiro atoms. The molecule has 6 heteroatoms. The Hall–Kier alpha value is -1.85. The lowest BCUT2D eigenvalue weighted by Gasteiger charge is -2.49. The molecule has 2 unspecified atom stereocenters. The van der Waals surface area contributed by atoms with Crippen molar-refractivity contribution >= 4 is 11.8 Å². The summed E-state index contributed by atoms with van der Waals surface area (Å²) in [5.41, 5.74) is 0.388. The lowest BCUT2D eigenvalue weighted by atomic mass is 9.81. The van der Waals surface area contributed by atoms with Crippen molar-refractivity contribution in [2.45, 2.75) is 95.2 Å². The Kier molecular flexibility index (Phi) is 5.00. The zero-order valence-electron chi connectivity index (χ0n) is 15.6. The number of rotatable bonds is 6. The highest BCUT2D eigenvalue weighted by Gasteiger charge is 2.41. The van der Waals surface area contributed by atoms with Gasteiger partial charge in [0.15, 0.2) is 5.69 Å². The van der Waals surface area contributed by atoms with E-state index in [2.05, 4.69) is 22.3 Å². The molecule has 4 rings (SSSR count). The molecule has 2 atom stereocenters. The van der Waals surface area contributed by atoms with Crippen molar-refractivity contribution in [3.63, 3.8) is 0 Å². The second kappa shape index (κ2) is 7.41. The SMILES string of the molecule is CCCCC(=O)N1C2CCCC1CC(NC(=O)c1cc(C3CC3)on1)C2. The van der Waals surface area contributed by atoms with Crippen LogP contribution in [0.5, 0.6) is 0 Å². The van der Waals surface area contributed by atoms with Crippen LogP contribution in [0.4, 0.5) is 0 Å². The van der Waals surface area contributed by atoms with E-state index in [-0.39, 0.29) is 24.0 Å². The smallest absolute Gasteiger partial charge is 0.273 e. The molecular formula is C20H29N3O3. The number of aromatic nitrogens is 1. The van der Waals surface area contributed by atoms with E-state index in [0.29, 0.717) is 23.9 Å². The van der Waals surface area contributed by atoms with Gasteiger partial charge in [-0.15, -0.1) is 0 Å². The number of nitrogens with one attached hydrogen (secondary N) is 1. The Morgan fingerprint density at radius 3 is 2.62 bits per heavy atom. The molecule has 6 nitrogen and oxygen atoms in total. The highest BCUT2D eigenvalue weighted by molar-refractivity contribution is 5.92. The minimum Gasteiger partial charge on any atom is -0.360 e. The molecule has 26 heavy (non-hydrogen) atoms. The lowest BCUT2D eigenvalue weighted by molar-refractivity contribution is -0.141. The van der Waals surface area contributed by atoms with Crippen LogP contribution >= 0.6 is 0 Å². The standard InChI is InChI=1S/C20H29N3O3/c1-2-3-7-19(24)23-15-5-4-6-16(23)11-14(10-15)21-20(25)17-12-18(26-22-17)13-8-9-13/h12-16H,2-11H2,1H3,(H,21,25). The maximum absolute atomic E-state index is 12.6. The van der Waals surface area contributed by atoms with Crippen molar-refractivity contribution in [3.8, 4) is 0 Å². The minimum absolute atomic E-state index is 0.120. The van der Waals surface area contributed by atoms with E-state index < -0.39 is 0 Å². The highest BCUT2D eigenvalue weighted by Crippen LogP contribution is 2.40. The van der Waals surface area contributed by atoms with Gasteiger partial charge in [0.05, 0.1) is 0 Å². The van der Waals surface area contributed by atoms with Gasteiger partial charge in [-0.25, -0.2) is 0 Å². The first kappa shape index (κ1) is 17.6. The van der Waals surface area contributed by atoms with Crippen LogP contribution in [-0.2, 0) is 4.79 Å². The van der Waals surface area contributed by atoms with E-state index in [0.717, 1.165) is 57.1 Å². The number of fused-ring (bicyclic) bond motifs is 2. The van der Waals surface area contributed by atoms with E-state index in [1.807, 2.05) is 0 Å². The number of piperidine rings is 2. The lowest BCUT2D eigenvalue weighted by Crippen LogP contribution is -2.58. The summed E-state index contributed by atoms with van der Waals surface area (Å²) < 4.78 is 5.30. The molecular weight excluding hydrogens is 330 g/mol. The topological polar surface area (TPSA) is 75.4 Å². The average Bonchev–Trinajstić information content (AvgIpc) is 3.35. The fourth-order valence-electron chi connectivity index (χ4n) is 4.58. The number of carbonyl (C=O) groups is 2. The first-order valence-corrected chi connectivity index (χ1v) is 10.2. The average molecular weight is 359 g/mol. The first-order chi connectivity index (χ1) is 12.7. The van der Waals surface area contributed by atoms with E-state index in [1.54, 1.807) is 6.07 Å². The van der Waals surface area contributed by atoms with Gasteiger partial charge < -0.3 is 14.7 Å². The Balaban J connectivity index is 1.37. The van der Waals surface area contributed by atoms with Gasteiger partial charge in [-0.2, -0.15) is 0 Å². The van der Waals surface area contributed by atoms with Gasteiger partial charge in [0.2, 0.25) is 5.91 Å². The van der Waals surface area contributed by atoms with E-state index in [1.165, 1.54) is 6.42 Å². The van der Waals surface area contributed by atoms with Gasteiger partial charge in [-0.3, -0.25) is 9.59 Å². The summed E-state index contributed by atoms with van der Waals surface area (Å²) in [4.78, 5) is 27.3. The summed E-state index contributed by atoms with van der Waals surface area (Å²) in [5.74, 6) is 1.45. The quantitative estimate of drug-likeness (QED) is 0.845. The first-order valence-electron chi connectivity index (χ1n) is 10.2. The molecule has 1 aromatic rings. The molecule has 142 valence electrons. The molecule has 2 bridgehead atoms. The van der Waals surface area contributed by atoms with Gasteiger partial charge in [0.25, 0.3) is 5.91 Å². The van der Waals surface area contributed by atoms with Crippen LogP contribution in [-0.4, -0.2) is 40.0 Å². The second-order valence-electron chi connectivity index (χ2n) is 8.17. The fraction of sp³-hybridized carbons (Fsp3) is 0.750. The molecule has 1 aromatic heterocycles. The number of nitrogens with zero attached hydrogens (tertiary/aromatic N) is 2. The van der Waals surface area contributed by atoms with Gasteiger partial charge in [-0.05, 0) is 51.4 Å². The van der Waals surface area contributed by atoms with Crippen molar-refractivity contribution in [2.75, 3.05) is 0 Å². The van der Waals surface area contributed by atoms with Crippen LogP contribution in [0.3, 0.4) is 0 Å². The zero-order chi connectivity index (χ0) is 18.1. The molecule has 2 amide bonds. The van der Waals surface area contributed by atoms with Crippen LogP contribution in [0, 0.1) is 0 Å². The third-order valence-corrected chi connectivity index (χ3v) is 6.08. The largest absolute Gasteiger partial charge is 0.360 e. The van der Waals surface area contributed by atoms with Gasteiger partial charge >= 0.3 is 0 Å². The molecule has 1 saturated carbocycles. The predicted octanol–water partition coefficient (Wildman–Crippen LogP) is 3.38. The fourth-order valence-corrected chi connectivity index (χ4v) is 4.58. The maximum atomic E-state index is 12.6. The van der Waals surface area contributed by atoms with Crippen molar-refractivity contribution < 1.29 is 14.1 Å². The molecule has 1 N–H and O–H groups in total. The number of hydrogen-bond acceptors (Lipinski definition) is 4. The van der Waals surface area contributed by atoms with Gasteiger partial charge in [0, 0.05) is 36.5 Å². The molecule has 2 saturated heterocycles. The molecule has 2 aliphatic heterocycles. The number of amides is 2. The van der Waals surface area contributed by atoms with Crippen LogP contribution < -0.4 is 5.32 Å². The maximum Gasteiger partial charge on any atom is 0.273 e. The predicted molar refractivity (Wildman–Crippen MR) is 96.8 cm³/mol. The van der Waals surface area contributed by atoms with Crippen molar-refractivity contribution in [3.05, 3.63) is 17.5 Å². The van der Waals surface area contributed by atoms with Crippen molar-refractivity contribution in [1.82, 2.24) is 15.4 Å². The summed E-state index contributed by atoms with van der Waals surface area (Å²) in [6.07, 6.45) is 9.92. The van der Waals surface area contributed by atoms with Crippen molar-refractivity contribution in [2.24, 2.45) is 0 Å². The molecule has 3 aliphatic rings. The minimum atomic E-state index is -0.144. The van der Waals surface area contributed by atoms with E-state index in [4.69, 9.17) is 4.52 Å². The Morgan fingerprint density at radius 1 is 1.23 bits per heavy atom. The Labute approximate surface area is 154 Å². The van der Waals surface area contributed by atoms with Crippen LogP contribution in [0.1, 0.15) is 93.3 Å². The third kappa shape index (κ3) is 3.64.